The fourth-order valence-corrected chi connectivity index (χ4v) is 1.62. The monoisotopic (exact) mass is 250 g/mol. The molecule has 2 aromatic carbocycles. The van der Waals surface area contributed by atoms with E-state index < -0.39 is 0 Å². The Hall–Kier alpha value is -2.82. The minimum Gasteiger partial charge on any atom is -0.455 e. The number of ether oxygens (including phenoxy) is 1. The van der Waals surface area contributed by atoms with Crippen LogP contribution >= 0.6 is 0 Å². The lowest BCUT2D eigenvalue weighted by Crippen LogP contribution is -1.93. The topological polar surface area (TPSA) is 77.0 Å². The van der Waals surface area contributed by atoms with E-state index in [-0.39, 0.29) is 6.61 Å². The van der Waals surface area contributed by atoms with Crippen LogP contribution in [0.2, 0.25) is 0 Å². The number of para-hydroxylation sites is 1. The van der Waals surface area contributed by atoms with Gasteiger partial charge in [0.05, 0.1) is 17.7 Å². The van der Waals surface area contributed by atoms with Gasteiger partial charge in [-0.05, 0) is 29.8 Å². The van der Waals surface area contributed by atoms with Crippen molar-refractivity contribution in [1.82, 2.24) is 0 Å². The molecule has 4 heteroatoms. The third-order valence-corrected chi connectivity index (χ3v) is 2.57. The van der Waals surface area contributed by atoms with Gasteiger partial charge in [-0.1, -0.05) is 18.2 Å². The molecule has 0 aliphatic heterocycles. The fourth-order valence-electron chi connectivity index (χ4n) is 1.62. The van der Waals surface area contributed by atoms with Crippen LogP contribution in [0, 0.1) is 22.7 Å². The molecule has 0 unspecified atom stereocenters. The molecule has 1 N–H and O–H groups in total. The van der Waals surface area contributed by atoms with Crippen molar-refractivity contribution >= 4 is 0 Å². The van der Waals surface area contributed by atoms with Crippen LogP contribution in [0.5, 0.6) is 11.5 Å². The Labute approximate surface area is 110 Å². The van der Waals surface area contributed by atoms with E-state index in [1.807, 2.05) is 12.1 Å². The Morgan fingerprint density at radius 1 is 0.947 bits per heavy atom. The predicted molar refractivity (Wildman–Crippen MR) is 68.3 cm³/mol. The normalized spacial score (nSPS) is 9.42. The molecular formula is C15H10N2O2. The van der Waals surface area contributed by atoms with Crippen molar-refractivity contribution in [2.24, 2.45) is 0 Å². The zero-order chi connectivity index (χ0) is 13.7. The van der Waals surface area contributed by atoms with Crippen LogP contribution in [0.25, 0.3) is 0 Å². The molecule has 0 saturated heterocycles. The van der Waals surface area contributed by atoms with Crippen LogP contribution in [-0.2, 0) is 6.61 Å². The summed E-state index contributed by atoms with van der Waals surface area (Å²) < 4.78 is 5.60. The molecule has 2 aromatic rings. The van der Waals surface area contributed by atoms with Gasteiger partial charge in [0.15, 0.2) is 0 Å². The summed E-state index contributed by atoms with van der Waals surface area (Å²) in [7, 11) is 0. The number of hydrogen-bond donors (Lipinski definition) is 1. The summed E-state index contributed by atoms with van der Waals surface area (Å²) in [5.74, 6) is 0.764. The van der Waals surface area contributed by atoms with Gasteiger partial charge in [0.2, 0.25) is 0 Å². The van der Waals surface area contributed by atoms with Gasteiger partial charge in [-0.25, -0.2) is 0 Å². The molecule has 0 atom stereocenters. The van der Waals surface area contributed by atoms with Crippen LogP contribution < -0.4 is 4.74 Å². The molecule has 0 saturated carbocycles. The Morgan fingerprint density at radius 2 is 1.63 bits per heavy atom. The predicted octanol–water partition coefficient (Wildman–Crippen LogP) is 2.71. The van der Waals surface area contributed by atoms with Gasteiger partial charge in [-0.15, -0.1) is 0 Å². The highest BCUT2D eigenvalue weighted by Crippen LogP contribution is 2.28. The van der Waals surface area contributed by atoms with E-state index in [0.717, 1.165) is 0 Å². The maximum absolute atomic E-state index is 9.07. The van der Waals surface area contributed by atoms with E-state index >= 15 is 0 Å². The van der Waals surface area contributed by atoms with E-state index in [0.29, 0.717) is 28.2 Å². The van der Waals surface area contributed by atoms with Gasteiger partial charge in [0.25, 0.3) is 0 Å². The quantitative estimate of drug-likeness (QED) is 0.908. The highest BCUT2D eigenvalue weighted by Gasteiger charge is 2.08. The number of aliphatic hydroxyl groups is 1. The summed E-state index contributed by atoms with van der Waals surface area (Å²) in [6.45, 7) is -0.135. The lowest BCUT2D eigenvalue weighted by Gasteiger charge is -2.09. The second kappa shape index (κ2) is 5.68. The average Bonchev–Trinajstić information content (AvgIpc) is 2.48. The van der Waals surface area contributed by atoms with Crippen molar-refractivity contribution < 1.29 is 9.84 Å². The summed E-state index contributed by atoms with van der Waals surface area (Å²) in [5, 5.41) is 27.1. The molecule has 0 fully saturated rings. The fraction of sp³-hybridized carbons (Fsp3) is 0.0667. The first-order chi connectivity index (χ1) is 9.28. The maximum atomic E-state index is 9.07. The summed E-state index contributed by atoms with van der Waals surface area (Å²) >= 11 is 0. The average molecular weight is 250 g/mol. The molecular weight excluding hydrogens is 240 g/mol. The molecule has 0 aliphatic carbocycles. The first kappa shape index (κ1) is 12.6. The van der Waals surface area contributed by atoms with Crippen molar-refractivity contribution in [3.05, 3.63) is 59.2 Å². The van der Waals surface area contributed by atoms with Crippen LogP contribution in [0.3, 0.4) is 0 Å². The third-order valence-electron chi connectivity index (χ3n) is 2.57. The first-order valence-electron chi connectivity index (χ1n) is 5.59. The molecule has 0 amide bonds. The maximum Gasteiger partial charge on any atom is 0.145 e. The van der Waals surface area contributed by atoms with Crippen molar-refractivity contribution in [1.29, 1.82) is 10.5 Å². The Kier molecular flexibility index (Phi) is 3.78. The SMILES string of the molecule is N#Cc1ccccc1Oc1ccc(CO)cc1C#N. The van der Waals surface area contributed by atoms with E-state index in [1.54, 1.807) is 42.5 Å². The van der Waals surface area contributed by atoms with Gasteiger partial charge in [0, 0.05) is 0 Å². The van der Waals surface area contributed by atoms with Crippen molar-refractivity contribution in [3.8, 4) is 23.6 Å². The molecule has 2 rings (SSSR count). The van der Waals surface area contributed by atoms with Crippen LogP contribution in [0.15, 0.2) is 42.5 Å². The highest BCUT2D eigenvalue weighted by molar-refractivity contribution is 5.50. The molecule has 19 heavy (non-hydrogen) atoms. The molecule has 4 nitrogen and oxygen atoms in total. The summed E-state index contributed by atoms with van der Waals surface area (Å²) in [6, 6.07) is 15.7. The molecule has 0 spiro atoms. The molecule has 92 valence electrons. The first-order valence-corrected chi connectivity index (χ1v) is 5.59. The van der Waals surface area contributed by atoms with Crippen LogP contribution in [-0.4, -0.2) is 5.11 Å². The lowest BCUT2D eigenvalue weighted by atomic mass is 10.1. The Morgan fingerprint density at radius 3 is 2.32 bits per heavy atom. The highest BCUT2D eigenvalue weighted by atomic mass is 16.5. The van der Waals surface area contributed by atoms with E-state index in [1.165, 1.54) is 0 Å². The molecule has 0 radical (unpaired) electrons. The largest absolute Gasteiger partial charge is 0.455 e. The smallest absolute Gasteiger partial charge is 0.145 e. The summed E-state index contributed by atoms with van der Waals surface area (Å²) in [6.07, 6.45) is 0. The molecule has 0 heterocycles. The van der Waals surface area contributed by atoms with Gasteiger partial charge < -0.3 is 9.84 Å². The molecule has 0 aromatic heterocycles. The van der Waals surface area contributed by atoms with Crippen LogP contribution in [0.1, 0.15) is 16.7 Å². The Bertz CT molecular complexity index is 681. The number of rotatable bonds is 3. The number of hydrogen-bond acceptors (Lipinski definition) is 4. The van der Waals surface area contributed by atoms with Gasteiger partial charge in [0.1, 0.15) is 23.6 Å². The molecule has 0 bridgehead atoms. The second-order valence-electron chi connectivity index (χ2n) is 3.81. The van der Waals surface area contributed by atoms with E-state index in [2.05, 4.69) is 0 Å². The van der Waals surface area contributed by atoms with Crippen molar-refractivity contribution in [3.63, 3.8) is 0 Å². The standard InChI is InChI=1S/C15H10N2O2/c16-8-12-3-1-2-4-14(12)19-15-6-5-11(10-18)7-13(15)9-17/h1-7,18H,10H2. The summed E-state index contributed by atoms with van der Waals surface area (Å²) in [5.41, 5.74) is 1.36. The van der Waals surface area contributed by atoms with Gasteiger partial charge in [-0.3, -0.25) is 0 Å². The lowest BCUT2D eigenvalue weighted by molar-refractivity contribution is 0.281. The number of nitrogens with zero attached hydrogens (tertiary/aromatic N) is 2. The van der Waals surface area contributed by atoms with Crippen molar-refractivity contribution in [2.45, 2.75) is 6.61 Å². The second-order valence-corrected chi connectivity index (χ2v) is 3.81. The van der Waals surface area contributed by atoms with E-state index in [9.17, 15) is 0 Å². The van der Waals surface area contributed by atoms with Crippen LogP contribution in [0.4, 0.5) is 0 Å². The minimum absolute atomic E-state index is 0.135. The van der Waals surface area contributed by atoms with E-state index in [4.69, 9.17) is 20.4 Å². The molecule has 0 aliphatic rings. The van der Waals surface area contributed by atoms with Gasteiger partial charge >= 0.3 is 0 Å². The number of nitriles is 2. The zero-order valence-electron chi connectivity index (χ0n) is 10.00. The van der Waals surface area contributed by atoms with Crippen molar-refractivity contribution in [2.75, 3.05) is 0 Å². The minimum atomic E-state index is -0.135. The summed E-state index contributed by atoms with van der Waals surface area (Å²) in [4.78, 5) is 0. The number of benzene rings is 2. The zero-order valence-corrected chi connectivity index (χ0v) is 10.00. The third kappa shape index (κ3) is 2.71. The number of aliphatic hydroxyl groups excluding tert-OH is 1. The van der Waals surface area contributed by atoms with Gasteiger partial charge in [-0.2, -0.15) is 10.5 Å². The Balaban J connectivity index is 2.39.